The Labute approximate surface area is 142 Å². The van der Waals surface area contributed by atoms with E-state index in [0.29, 0.717) is 29.9 Å². The lowest BCUT2D eigenvalue weighted by atomic mass is 9.85. The third-order valence-corrected chi connectivity index (χ3v) is 4.45. The van der Waals surface area contributed by atoms with Gasteiger partial charge in [-0.3, -0.25) is 5.10 Å². The average molecular weight is 337 g/mol. The van der Waals surface area contributed by atoms with Crippen molar-refractivity contribution in [3.05, 3.63) is 52.9 Å². The average Bonchev–Trinajstić information content (AvgIpc) is 3.09. The number of rotatable bonds is 2. The van der Waals surface area contributed by atoms with Crippen LogP contribution in [0.1, 0.15) is 16.8 Å². The van der Waals surface area contributed by atoms with Gasteiger partial charge in [-0.2, -0.15) is 10.4 Å². The van der Waals surface area contributed by atoms with E-state index >= 15 is 0 Å². The molecule has 0 radical (unpaired) electrons. The van der Waals surface area contributed by atoms with Crippen molar-refractivity contribution in [1.82, 2.24) is 15.2 Å². The Morgan fingerprint density at radius 1 is 1.24 bits per heavy atom. The van der Waals surface area contributed by atoms with Crippen LogP contribution in [0.4, 0.5) is 14.6 Å². The maximum atomic E-state index is 14.5. The van der Waals surface area contributed by atoms with Gasteiger partial charge >= 0.3 is 0 Å². The molecule has 4 rings (SSSR count). The number of fused-ring (bicyclic) bond motifs is 3. The predicted molar refractivity (Wildman–Crippen MR) is 88.8 cm³/mol. The quantitative estimate of drug-likeness (QED) is 0.751. The number of halogens is 2. The summed E-state index contributed by atoms with van der Waals surface area (Å²) in [6.45, 7) is 0. The highest BCUT2D eigenvalue weighted by Gasteiger charge is 2.28. The lowest BCUT2D eigenvalue weighted by molar-refractivity contribution is 0.585. The van der Waals surface area contributed by atoms with Gasteiger partial charge in [0, 0.05) is 35.5 Å². The maximum Gasteiger partial charge on any atom is 0.145 e. The van der Waals surface area contributed by atoms with Crippen LogP contribution in [-0.2, 0) is 12.8 Å². The van der Waals surface area contributed by atoms with Crippen molar-refractivity contribution in [3.8, 4) is 28.5 Å². The van der Waals surface area contributed by atoms with Crippen molar-refractivity contribution < 1.29 is 8.78 Å². The van der Waals surface area contributed by atoms with Crippen LogP contribution in [0, 0.1) is 23.0 Å². The Morgan fingerprint density at radius 3 is 2.80 bits per heavy atom. The number of aromatic nitrogens is 3. The van der Waals surface area contributed by atoms with Gasteiger partial charge in [-0.1, -0.05) is 0 Å². The molecule has 25 heavy (non-hydrogen) atoms. The highest BCUT2D eigenvalue weighted by Crippen LogP contribution is 2.41. The molecule has 2 heterocycles. The van der Waals surface area contributed by atoms with Crippen LogP contribution in [0.3, 0.4) is 0 Å². The third kappa shape index (κ3) is 2.26. The topological polar surface area (TPSA) is 77.4 Å². The van der Waals surface area contributed by atoms with E-state index in [9.17, 15) is 14.0 Å². The van der Waals surface area contributed by atoms with Crippen molar-refractivity contribution in [2.75, 3.05) is 12.4 Å². The zero-order chi connectivity index (χ0) is 17.6. The van der Waals surface area contributed by atoms with E-state index in [1.54, 1.807) is 13.2 Å². The van der Waals surface area contributed by atoms with Crippen LogP contribution < -0.4 is 5.32 Å². The molecule has 1 aromatic carbocycles. The minimum atomic E-state index is -0.704. The normalized spacial score (nSPS) is 12.2. The zero-order valence-corrected chi connectivity index (χ0v) is 13.3. The summed E-state index contributed by atoms with van der Waals surface area (Å²) in [7, 11) is 1.65. The summed E-state index contributed by atoms with van der Waals surface area (Å²) in [4.78, 5) is 4.56. The number of nitriles is 1. The van der Waals surface area contributed by atoms with Gasteiger partial charge < -0.3 is 5.32 Å². The molecule has 0 fully saturated rings. The van der Waals surface area contributed by atoms with Gasteiger partial charge in [-0.15, -0.1) is 0 Å². The third-order valence-electron chi connectivity index (χ3n) is 4.45. The second-order valence-corrected chi connectivity index (χ2v) is 5.79. The van der Waals surface area contributed by atoms with Crippen LogP contribution in [0.25, 0.3) is 22.4 Å². The molecular weight excluding hydrogens is 324 g/mol. The van der Waals surface area contributed by atoms with Crippen molar-refractivity contribution in [2.45, 2.75) is 12.8 Å². The minimum Gasteiger partial charge on any atom is -0.372 e. The molecule has 0 aliphatic heterocycles. The van der Waals surface area contributed by atoms with E-state index in [-0.39, 0.29) is 11.1 Å². The summed E-state index contributed by atoms with van der Waals surface area (Å²) in [5, 5.41) is 19.6. The Morgan fingerprint density at radius 2 is 2.08 bits per heavy atom. The van der Waals surface area contributed by atoms with Gasteiger partial charge in [0.05, 0.1) is 11.9 Å². The molecule has 3 aromatic rings. The van der Waals surface area contributed by atoms with Crippen LogP contribution in [0.2, 0.25) is 0 Å². The summed E-state index contributed by atoms with van der Waals surface area (Å²) < 4.78 is 27.8. The van der Waals surface area contributed by atoms with Gasteiger partial charge in [0.15, 0.2) is 0 Å². The van der Waals surface area contributed by atoms with Gasteiger partial charge in [0.2, 0.25) is 0 Å². The van der Waals surface area contributed by atoms with Crippen molar-refractivity contribution in [2.24, 2.45) is 0 Å². The van der Waals surface area contributed by atoms with E-state index < -0.39 is 11.6 Å². The summed E-state index contributed by atoms with van der Waals surface area (Å²) in [5.74, 6) is -1.01. The van der Waals surface area contributed by atoms with Gasteiger partial charge in [0.25, 0.3) is 0 Å². The standard InChI is InChI=1S/C18H13F2N5/c1-22-18-12(7-21)16(10-3-2-9(19)6-14(10)20)11-4-5-15-13(8-23-25-15)17(11)24-18/h2-3,6,8H,4-5H2,1H3,(H,22,24)(H,23,25). The summed E-state index contributed by atoms with van der Waals surface area (Å²) >= 11 is 0. The Balaban J connectivity index is 2.10. The van der Waals surface area contributed by atoms with E-state index in [1.165, 1.54) is 12.1 Å². The molecule has 5 nitrogen and oxygen atoms in total. The van der Waals surface area contributed by atoms with Crippen molar-refractivity contribution in [1.29, 1.82) is 5.26 Å². The molecule has 0 amide bonds. The van der Waals surface area contributed by atoms with Crippen LogP contribution in [-0.4, -0.2) is 22.2 Å². The van der Waals surface area contributed by atoms with Gasteiger partial charge in [-0.25, -0.2) is 13.8 Å². The molecule has 7 heteroatoms. The maximum absolute atomic E-state index is 14.5. The van der Waals surface area contributed by atoms with Crippen LogP contribution in [0.5, 0.6) is 0 Å². The van der Waals surface area contributed by atoms with Gasteiger partial charge in [-0.05, 0) is 30.5 Å². The number of pyridine rings is 1. The number of nitrogens with one attached hydrogen (secondary N) is 2. The summed E-state index contributed by atoms with van der Waals surface area (Å²) in [6, 6.07) is 5.50. The number of anilines is 1. The number of aromatic amines is 1. The fourth-order valence-corrected chi connectivity index (χ4v) is 3.33. The van der Waals surface area contributed by atoms with Crippen LogP contribution >= 0.6 is 0 Å². The molecule has 0 spiro atoms. The van der Waals surface area contributed by atoms with E-state index in [1.807, 2.05) is 0 Å². The lowest BCUT2D eigenvalue weighted by Gasteiger charge is -2.22. The number of aryl methyl sites for hydroxylation is 1. The first kappa shape index (κ1) is 15.3. The highest BCUT2D eigenvalue weighted by molar-refractivity contribution is 5.86. The highest BCUT2D eigenvalue weighted by atomic mass is 19.1. The number of benzene rings is 1. The molecule has 0 saturated carbocycles. The molecule has 1 aliphatic rings. The lowest BCUT2D eigenvalue weighted by Crippen LogP contribution is -2.11. The summed E-state index contributed by atoms with van der Waals surface area (Å²) in [5.41, 5.74) is 4.13. The smallest absolute Gasteiger partial charge is 0.145 e. The number of hydrogen-bond acceptors (Lipinski definition) is 4. The van der Waals surface area contributed by atoms with E-state index in [2.05, 4.69) is 26.6 Å². The molecule has 124 valence electrons. The first-order chi connectivity index (χ1) is 12.1. The Hall–Kier alpha value is -3.27. The number of hydrogen-bond donors (Lipinski definition) is 2. The van der Waals surface area contributed by atoms with E-state index in [4.69, 9.17) is 0 Å². The first-order valence-corrected chi connectivity index (χ1v) is 7.76. The van der Waals surface area contributed by atoms with Crippen LogP contribution in [0.15, 0.2) is 24.4 Å². The number of nitrogens with zero attached hydrogens (tertiary/aromatic N) is 3. The minimum absolute atomic E-state index is 0.194. The molecule has 2 aromatic heterocycles. The molecule has 0 saturated heterocycles. The Bertz CT molecular complexity index is 1030. The first-order valence-electron chi connectivity index (χ1n) is 7.76. The fourth-order valence-electron chi connectivity index (χ4n) is 3.33. The SMILES string of the molecule is CNc1nc2c(c(-c3ccc(F)cc3F)c1C#N)CCc1[nH]ncc1-2. The zero-order valence-electron chi connectivity index (χ0n) is 13.3. The van der Waals surface area contributed by atoms with Crippen molar-refractivity contribution >= 4 is 5.82 Å². The molecule has 2 N–H and O–H groups in total. The van der Waals surface area contributed by atoms with E-state index in [0.717, 1.165) is 22.9 Å². The molecule has 1 aliphatic carbocycles. The van der Waals surface area contributed by atoms with Gasteiger partial charge in [0.1, 0.15) is 29.1 Å². The Kier molecular flexibility index (Phi) is 3.46. The second-order valence-electron chi connectivity index (χ2n) is 5.79. The largest absolute Gasteiger partial charge is 0.372 e. The molecular formula is C18H13F2N5. The second kappa shape index (κ2) is 5.67. The summed E-state index contributed by atoms with van der Waals surface area (Å²) in [6.07, 6.45) is 2.95. The predicted octanol–water partition coefficient (Wildman–Crippen LogP) is 3.43. The molecule has 0 bridgehead atoms. The monoisotopic (exact) mass is 337 g/mol. The molecule has 0 atom stereocenters. The number of H-pyrrole nitrogens is 1. The molecule has 0 unspecified atom stereocenters. The van der Waals surface area contributed by atoms with Crippen molar-refractivity contribution in [3.63, 3.8) is 0 Å². The fraction of sp³-hybridized carbons (Fsp3) is 0.167.